The van der Waals surface area contributed by atoms with Crippen LogP contribution in [0.5, 0.6) is 11.5 Å². The van der Waals surface area contributed by atoms with Gasteiger partial charge in [-0.05, 0) is 18.2 Å². The minimum absolute atomic E-state index is 0.00958. The van der Waals surface area contributed by atoms with Gasteiger partial charge in [0.1, 0.15) is 22.3 Å². The van der Waals surface area contributed by atoms with E-state index in [0.29, 0.717) is 0 Å². The highest BCUT2D eigenvalue weighted by atomic mass is 35.5. The highest BCUT2D eigenvalue weighted by molar-refractivity contribution is 6.47. The summed E-state index contributed by atoms with van der Waals surface area (Å²) in [6.45, 7) is 0. The Kier molecular flexibility index (Phi) is 7.98. The fraction of sp³-hybridized carbons (Fsp3) is 0. The molecule has 0 fully saturated rings. The van der Waals surface area contributed by atoms with Gasteiger partial charge in [0, 0.05) is 12.1 Å². The number of halogens is 7. The molecule has 0 aliphatic heterocycles. The lowest BCUT2D eigenvalue weighted by Gasteiger charge is -2.15. The van der Waals surface area contributed by atoms with Crippen molar-refractivity contribution in [3.8, 4) is 11.5 Å². The first kappa shape index (κ1) is 24.7. The van der Waals surface area contributed by atoms with Gasteiger partial charge in [-0.15, -0.1) is 0 Å². The van der Waals surface area contributed by atoms with Crippen molar-refractivity contribution in [1.82, 2.24) is 5.32 Å². The van der Waals surface area contributed by atoms with E-state index in [4.69, 9.17) is 74.3 Å². The van der Waals surface area contributed by atoms with Gasteiger partial charge in [0.2, 0.25) is 0 Å². The molecule has 0 spiro atoms. The zero-order chi connectivity index (χ0) is 23.6. The molecule has 0 bridgehead atoms. The normalized spacial score (nSPS) is 10.6. The molecule has 2 N–H and O–H groups in total. The lowest BCUT2D eigenvalue weighted by atomic mass is 10.2. The number of nitrogens with one attached hydrogen (secondary N) is 2. The maximum absolute atomic E-state index is 13.7. The molecule has 0 saturated carbocycles. The summed E-state index contributed by atoms with van der Waals surface area (Å²) in [4.78, 5) is 24.3. The molecular formula is C20H9Cl6FN2O3. The van der Waals surface area contributed by atoms with Crippen molar-refractivity contribution < 1.29 is 18.7 Å². The van der Waals surface area contributed by atoms with E-state index in [-0.39, 0.29) is 52.9 Å². The van der Waals surface area contributed by atoms with Gasteiger partial charge in [0.15, 0.2) is 0 Å². The number of anilines is 1. The summed E-state index contributed by atoms with van der Waals surface area (Å²) in [7, 11) is 0. The molecule has 5 nitrogen and oxygen atoms in total. The predicted molar refractivity (Wildman–Crippen MR) is 126 cm³/mol. The van der Waals surface area contributed by atoms with Crippen molar-refractivity contribution in [1.29, 1.82) is 0 Å². The number of ether oxygens (including phenoxy) is 1. The Morgan fingerprint density at radius 3 is 2.09 bits per heavy atom. The van der Waals surface area contributed by atoms with Crippen LogP contribution in [-0.2, 0) is 0 Å². The highest BCUT2D eigenvalue weighted by Gasteiger charge is 2.21. The maximum atomic E-state index is 13.7. The number of urea groups is 1. The Bertz CT molecular complexity index is 1240. The number of benzene rings is 3. The van der Waals surface area contributed by atoms with Crippen LogP contribution < -0.4 is 15.4 Å². The van der Waals surface area contributed by atoms with Crippen molar-refractivity contribution in [2.75, 3.05) is 5.32 Å². The molecule has 0 aliphatic carbocycles. The molecule has 3 amide bonds. The standard InChI is InChI=1S/C20H9Cl6FN2O3/c21-9-5-11(23)14(6-10(9)22)32-15-7-12(24)18(17(26)16(15)25)28-20(31)29-19(30)8-3-1-2-4-13(8)27/h1-7H,(H2,28,29,30,31). The number of imide groups is 1. The van der Waals surface area contributed by atoms with Crippen LogP contribution >= 0.6 is 69.6 Å². The molecule has 0 unspecified atom stereocenters. The molecule has 3 aromatic rings. The fourth-order valence-electron chi connectivity index (χ4n) is 2.42. The molecule has 3 rings (SSSR count). The first-order chi connectivity index (χ1) is 15.1. The summed E-state index contributed by atoms with van der Waals surface area (Å²) in [5.74, 6) is -1.62. The molecule has 0 aliphatic rings. The second-order valence-corrected chi connectivity index (χ2v) is 8.43. The van der Waals surface area contributed by atoms with E-state index in [1.54, 1.807) is 0 Å². The molecule has 3 aromatic carbocycles. The van der Waals surface area contributed by atoms with Crippen LogP contribution in [0.1, 0.15) is 10.4 Å². The summed E-state index contributed by atoms with van der Waals surface area (Å²) >= 11 is 36.6. The lowest BCUT2D eigenvalue weighted by molar-refractivity contribution is 0.0963. The predicted octanol–water partition coefficient (Wildman–Crippen LogP) is 8.50. The van der Waals surface area contributed by atoms with Crippen LogP contribution in [0.4, 0.5) is 14.9 Å². The van der Waals surface area contributed by atoms with Crippen molar-refractivity contribution >= 4 is 87.2 Å². The van der Waals surface area contributed by atoms with Gasteiger partial charge >= 0.3 is 6.03 Å². The summed E-state index contributed by atoms with van der Waals surface area (Å²) in [5.41, 5.74) is -0.426. The SMILES string of the molecule is O=C(NC(=O)c1ccccc1F)Nc1c(Cl)cc(Oc2cc(Cl)c(Cl)cc2Cl)c(Cl)c1Cl. The number of amides is 3. The number of hydrogen-bond donors (Lipinski definition) is 2. The van der Waals surface area contributed by atoms with E-state index in [1.165, 1.54) is 36.4 Å². The van der Waals surface area contributed by atoms with Gasteiger partial charge < -0.3 is 10.1 Å². The average molecular weight is 557 g/mol. The Balaban J connectivity index is 1.81. The zero-order valence-electron chi connectivity index (χ0n) is 15.4. The monoisotopic (exact) mass is 554 g/mol. The van der Waals surface area contributed by atoms with Gasteiger partial charge in [-0.1, -0.05) is 81.7 Å². The van der Waals surface area contributed by atoms with Gasteiger partial charge in [-0.25, -0.2) is 9.18 Å². The van der Waals surface area contributed by atoms with Crippen LogP contribution in [0.3, 0.4) is 0 Å². The summed E-state index contributed by atoms with van der Waals surface area (Å²) < 4.78 is 19.3. The minimum atomic E-state index is -1.01. The van der Waals surface area contributed by atoms with E-state index in [2.05, 4.69) is 5.32 Å². The van der Waals surface area contributed by atoms with Crippen LogP contribution in [0.25, 0.3) is 0 Å². The first-order valence-electron chi connectivity index (χ1n) is 8.45. The summed E-state index contributed by atoms with van der Waals surface area (Å²) in [6, 6.07) is 8.16. The van der Waals surface area contributed by atoms with E-state index in [0.717, 1.165) is 6.07 Å². The number of hydrogen-bond acceptors (Lipinski definition) is 3. The van der Waals surface area contributed by atoms with E-state index >= 15 is 0 Å². The third-order valence-corrected chi connectivity index (χ3v) is 6.07. The Morgan fingerprint density at radius 1 is 0.781 bits per heavy atom. The van der Waals surface area contributed by atoms with Crippen LogP contribution in [0.15, 0.2) is 42.5 Å². The summed E-state index contributed by atoms with van der Waals surface area (Å²) in [6.07, 6.45) is 0. The topological polar surface area (TPSA) is 67.4 Å². The molecule has 0 saturated heterocycles. The molecule has 0 heterocycles. The van der Waals surface area contributed by atoms with Gasteiger partial charge in [0.25, 0.3) is 5.91 Å². The Morgan fingerprint density at radius 2 is 1.41 bits per heavy atom. The smallest absolute Gasteiger partial charge is 0.326 e. The third kappa shape index (κ3) is 5.52. The Hall–Kier alpha value is -1.93. The second-order valence-electron chi connectivity index (χ2n) is 6.05. The largest absolute Gasteiger partial charge is 0.454 e. The zero-order valence-corrected chi connectivity index (χ0v) is 19.9. The Labute approximate surface area is 211 Å². The molecular weight excluding hydrogens is 548 g/mol. The van der Waals surface area contributed by atoms with Crippen molar-refractivity contribution in [3.63, 3.8) is 0 Å². The highest BCUT2D eigenvalue weighted by Crippen LogP contribution is 2.45. The number of rotatable bonds is 4. The molecule has 0 atom stereocenters. The van der Waals surface area contributed by atoms with Crippen LogP contribution in [0, 0.1) is 5.82 Å². The first-order valence-corrected chi connectivity index (χ1v) is 10.7. The van der Waals surface area contributed by atoms with Gasteiger partial charge in [0.05, 0.1) is 36.4 Å². The van der Waals surface area contributed by atoms with Crippen molar-refractivity contribution in [3.05, 3.63) is 84.0 Å². The lowest BCUT2D eigenvalue weighted by Crippen LogP contribution is -2.35. The molecule has 0 aromatic heterocycles. The number of carbonyl (C=O) groups is 2. The van der Waals surface area contributed by atoms with Crippen molar-refractivity contribution in [2.45, 2.75) is 0 Å². The van der Waals surface area contributed by atoms with Crippen molar-refractivity contribution in [2.24, 2.45) is 0 Å². The van der Waals surface area contributed by atoms with Crippen LogP contribution in [0.2, 0.25) is 30.1 Å². The third-order valence-electron chi connectivity index (χ3n) is 3.90. The maximum Gasteiger partial charge on any atom is 0.326 e. The molecule has 166 valence electrons. The molecule has 0 radical (unpaired) electrons. The average Bonchev–Trinajstić information content (AvgIpc) is 2.73. The quantitative estimate of drug-likeness (QED) is 0.317. The molecule has 12 heteroatoms. The van der Waals surface area contributed by atoms with Gasteiger partial charge in [-0.3, -0.25) is 10.1 Å². The van der Waals surface area contributed by atoms with Gasteiger partial charge in [-0.2, -0.15) is 0 Å². The second kappa shape index (κ2) is 10.3. The van der Waals surface area contributed by atoms with E-state index < -0.39 is 17.8 Å². The molecule has 32 heavy (non-hydrogen) atoms. The van der Waals surface area contributed by atoms with Crippen LogP contribution in [-0.4, -0.2) is 11.9 Å². The van der Waals surface area contributed by atoms with E-state index in [1.807, 2.05) is 5.32 Å². The fourth-order valence-corrected chi connectivity index (χ4v) is 3.72. The minimum Gasteiger partial charge on any atom is -0.454 e. The summed E-state index contributed by atoms with van der Waals surface area (Å²) in [5, 5.41) is 4.46. The number of carbonyl (C=O) groups excluding carboxylic acids is 2. The van der Waals surface area contributed by atoms with E-state index in [9.17, 15) is 14.0 Å².